The zero-order chi connectivity index (χ0) is 20.5. The Balaban J connectivity index is 1.33. The summed E-state index contributed by atoms with van der Waals surface area (Å²) in [5.74, 6) is 0.326. The topological polar surface area (TPSA) is 40.6 Å². The molecular weight excluding hydrogens is 412 g/mol. The second kappa shape index (κ2) is 8.36. The molecule has 0 spiro atoms. The molecule has 30 heavy (non-hydrogen) atoms. The van der Waals surface area contributed by atoms with Crippen LogP contribution in [0.2, 0.25) is 0 Å². The fourth-order valence-corrected chi connectivity index (χ4v) is 6.26. The van der Waals surface area contributed by atoms with Gasteiger partial charge in [0.25, 0.3) is 5.91 Å². The van der Waals surface area contributed by atoms with Crippen molar-refractivity contribution in [3.8, 4) is 0 Å². The number of hydrogen-bond acceptors (Lipinski definition) is 4. The van der Waals surface area contributed by atoms with Gasteiger partial charge in [-0.15, -0.1) is 22.7 Å². The first-order valence-corrected chi connectivity index (χ1v) is 12.2. The van der Waals surface area contributed by atoms with Crippen LogP contribution >= 0.6 is 22.7 Å². The minimum absolute atomic E-state index is 0.000481. The van der Waals surface area contributed by atoms with Crippen molar-refractivity contribution in [1.29, 1.82) is 0 Å². The van der Waals surface area contributed by atoms with Crippen molar-refractivity contribution < 1.29 is 9.59 Å². The zero-order valence-corrected chi connectivity index (χ0v) is 18.3. The maximum atomic E-state index is 13.6. The number of carbonyl (C=O) groups excluding carboxylic acids is 2. The number of thiophene rings is 2. The molecule has 2 aromatic heterocycles. The third-order valence-corrected chi connectivity index (χ3v) is 8.08. The minimum Gasteiger partial charge on any atom is -0.338 e. The molecule has 0 bridgehead atoms. The van der Waals surface area contributed by atoms with Gasteiger partial charge in [0.15, 0.2) is 0 Å². The molecule has 1 aromatic carbocycles. The van der Waals surface area contributed by atoms with Gasteiger partial charge in [0.05, 0.1) is 10.9 Å². The van der Waals surface area contributed by atoms with Crippen molar-refractivity contribution in [2.24, 2.45) is 5.92 Å². The molecule has 1 saturated heterocycles. The van der Waals surface area contributed by atoms with E-state index in [1.165, 1.54) is 27.3 Å². The Kier molecular flexibility index (Phi) is 5.44. The lowest BCUT2D eigenvalue weighted by Crippen LogP contribution is -2.47. The van der Waals surface area contributed by atoms with Crippen molar-refractivity contribution in [2.75, 3.05) is 19.6 Å². The van der Waals surface area contributed by atoms with Crippen molar-refractivity contribution in [3.05, 3.63) is 80.2 Å². The van der Waals surface area contributed by atoms with Gasteiger partial charge in [-0.25, -0.2) is 0 Å². The van der Waals surface area contributed by atoms with Crippen LogP contribution in [0, 0.1) is 5.92 Å². The Hall–Kier alpha value is -2.44. The van der Waals surface area contributed by atoms with Crippen molar-refractivity contribution in [2.45, 2.75) is 25.3 Å². The smallest absolute Gasteiger partial charge is 0.263 e. The van der Waals surface area contributed by atoms with Crippen LogP contribution in [0.4, 0.5) is 0 Å². The Morgan fingerprint density at radius 1 is 0.867 bits per heavy atom. The molecule has 0 aliphatic carbocycles. The average Bonchev–Trinajstić information content (AvgIpc) is 3.50. The number of carbonyl (C=O) groups is 2. The molecule has 2 amide bonds. The number of likely N-dealkylation sites (tertiary alicyclic amines) is 1. The van der Waals surface area contributed by atoms with E-state index in [0.29, 0.717) is 13.1 Å². The standard InChI is InChI=1S/C24H24N2O2S2/c27-23(18-8-12-25(13-9-18)24(28)21-7-4-15-29-21)26-14-10-20-19(11-16-30-20)22(26)17-5-2-1-3-6-17/h1-7,11,15-16,18,22H,8-10,12-14H2. The average molecular weight is 437 g/mol. The largest absolute Gasteiger partial charge is 0.338 e. The van der Waals surface area contributed by atoms with Crippen molar-refractivity contribution in [3.63, 3.8) is 0 Å². The van der Waals surface area contributed by atoms with Crippen LogP contribution in [0.1, 0.15) is 44.6 Å². The van der Waals surface area contributed by atoms with E-state index in [4.69, 9.17) is 0 Å². The predicted molar refractivity (Wildman–Crippen MR) is 121 cm³/mol. The van der Waals surface area contributed by atoms with Crippen LogP contribution in [0.3, 0.4) is 0 Å². The highest BCUT2D eigenvalue weighted by Crippen LogP contribution is 2.39. The van der Waals surface area contributed by atoms with Gasteiger partial charge < -0.3 is 9.80 Å². The first kappa shape index (κ1) is 19.5. The van der Waals surface area contributed by atoms with Crippen LogP contribution in [0.25, 0.3) is 0 Å². The fraction of sp³-hybridized carbons (Fsp3) is 0.333. The summed E-state index contributed by atoms with van der Waals surface area (Å²) in [6.45, 7) is 2.07. The third-order valence-electron chi connectivity index (χ3n) is 6.23. The summed E-state index contributed by atoms with van der Waals surface area (Å²) in [6.07, 6.45) is 2.41. The molecule has 0 N–H and O–H groups in total. The van der Waals surface area contributed by atoms with Crippen LogP contribution in [-0.4, -0.2) is 41.2 Å². The molecule has 0 saturated carbocycles. The maximum absolute atomic E-state index is 13.6. The second-order valence-corrected chi connectivity index (χ2v) is 9.89. The highest BCUT2D eigenvalue weighted by Gasteiger charge is 2.37. The number of amides is 2. The van der Waals surface area contributed by atoms with Gasteiger partial charge in [0.2, 0.25) is 5.91 Å². The van der Waals surface area contributed by atoms with E-state index < -0.39 is 0 Å². The maximum Gasteiger partial charge on any atom is 0.263 e. The lowest BCUT2D eigenvalue weighted by molar-refractivity contribution is -0.139. The summed E-state index contributed by atoms with van der Waals surface area (Å²) in [6, 6.07) is 16.3. The lowest BCUT2D eigenvalue weighted by atomic mass is 9.89. The van der Waals surface area contributed by atoms with E-state index in [9.17, 15) is 9.59 Å². The molecule has 1 fully saturated rings. The molecule has 0 radical (unpaired) electrons. The van der Waals surface area contributed by atoms with Crippen LogP contribution in [-0.2, 0) is 11.2 Å². The molecule has 5 rings (SSSR count). The summed E-state index contributed by atoms with van der Waals surface area (Å²) in [5, 5.41) is 4.07. The van der Waals surface area contributed by atoms with Gasteiger partial charge in [-0.05, 0) is 53.3 Å². The molecule has 4 nitrogen and oxygen atoms in total. The molecule has 1 unspecified atom stereocenters. The van der Waals surface area contributed by atoms with E-state index in [2.05, 4.69) is 28.5 Å². The van der Waals surface area contributed by atoms with E-state index >= 15 is 0 Å². The molecule has 3 aromatic rings. The predicted octanol–water partition coefficient (Wildman–Crippen LogP) is 4.84. The first-order valence-electron chi connectivity index (χ1n) is 10.5. The Morgan fingerprint density at radius 3 is 2.40 bits per heavy atom. The van der Waals surface area contributed by atoms with Gasteiger partial charge in [-0.1, -0.05) is 36.4 Å². The molecule has 2 aliphatic heterocycles. The van der Waals surface area contributed by atoms with E-state index in [1.807, 2.05) is 40.6 Å². The van der Waals surface area contributed by atoms with Gasteiger partial charge in [0, 0.05) is 30.4 Å². The summed E-state index contributed by atoms with van der Waals surface area (Å²) in [4.78, 5) is 32.4. The number of hydrogen-bond donors (Lipinski definition) is 0. The quantitative estimate of drug-likeness (QED) is 0.590. The second-order valence-electron chi connectivity index (χ2n) is 7.94. The Morgan fingerprint density at radius 2 is 1.67 bits per heavy atom. The van der Waals surface area contributed by atoms with Crippen LogP contribution in [0.15, 0.2) is 59.3 Å². The highest BCUT2D eigenvalue weighted by atomic mass is 32.1. The lowest BCUT2D eigenvalue weighted by Gasteiger charge is -2.40. The SMILES string of the molecule is O=C(c1cccs1)N1CCC(C(=O)N2CCc3sccc3C2c2ccccc2)CC1. The highest BCUT2D eigenvalue weighted by molar-refractivity contribution is 7.12. The zero-order valence-electron chi connectivity index (χ0n) is 16.7. The first-order chi connectivity index (χ1) is 14.7. The summed E-state index contributed by atoms with van der Waals surface area (Å²) >= 11 is 3.28. The van der Waals surface area contributed by atoms with E-state index in [-0.39, 0.29) is 23.8 Å². The molecule has 1 atom stereocenters. The number of benzene rings is 1. The van der Waals surface area contributed by atoms with Crippen LogP contribution in [0.5, 0.6) is 0 Å². The van der Waals surface area contributed by atoms with E-state index in [1.54, 1.807) is 11.3 Å². The summed E-state index contributed by atoms with van der Waals surface area (Å²) < 4.78 is 0. The third kappa shape index (κ3) is 3.59. The number of piperidine rings is 1. The fourth-order valence-electron chi connectivity index (χ4n) is 4.67. The number of fused-ring (bicyclic) bond motifs is 1. The van der Waals surface area contributed by atoms with E-state index in [0.717, 1.165) is 30.7 Å². The summed E-state index contributed by atoms with van der Waals surface area (Å²) in [7, 11) is 0. The number of rotatable bonds is 3. The Bertz CT molecular complexity index is 1020. The van der Waals surface area contributed by atoms with Crippen molar-refractivity contribution >= 4 is 34.5 Å². The minimum atomic E-state index is -0.0104. The molecule has 2 aliphatic rings. The number of nitrogens with zero attached hydrogens (tertiary/aromatic N) is 2. The normalized spacial score (nSPS) is 19.5. The van der Waals surface area contributed by atoms with Gasteiger partial charge in [0.1, 0.15) is 0 Å². The molecule has 154 valence electrons. The molecular formula is C24H24N2O2S2. The van der Waals surface area contributed by atoms with Gasteiger partial charge in [-0.2, -0.15) is 0 Å². The monoisotopic (exact) mass is 436 g/mol. The van der Waals surface area contributed by atoms with Crippen molar-refractivity contribution in [1.82, 2.24) is 9.80 Å². The molecule has 4 heterocycles. The molecule has 6 heteroatoms. The van der Waals surface area contributed by atoms with Gasteiger partial charge in [-0.3, -0.25) is 9.59 Å². The van der Waals surface area contributed by atoms with Crippen LogP contribution < -0.4 is 0 Å². The Labute approximate surface area is 184 Å². The van der Waals surface area contributed by atoms with Gasteiger partial charge >= 0.3 is 0 Å². The summed E-state index contributed by atoms with van der Waals surface area (Å²) in [5.41, 5.74) is 2.45.